The summed E-state index contributed by atoms with van der Waals surface area (Å²) in [5.41, 5.74) is 0. The Kier molecular flexibility index (Phi) is 1.78. The number of H-pyrrole nitrogens is 1. The molecule has 1 rings (SSSR count). The van der Waals surface area contributed by atoms with Gasteiger partial charge in [0, 0.05) is 0 Å². The zero-order valence-electron chi connectivity index (χ0n) is 4.35. The molecule has 1 aromatic heterocycles. The molecule has 1 N–H and O–H groups in total. The van der Waals surface area contributed by atoms with E-state index in [4.69, 9.17) is 0 Å². The summed E-state index contributed by atoms with van der Waals surface area (Å²) in [5, 5.41) is 12.0. The predicted molar refractivity (Wildman–Crippen MR) is 32.0 cm³/mol. The number of aromatic nitrogens is 4. The van der Waals surface area contributed by atoms with Crippen molar-refractivity contribution in [1.82, 2.24) is 20.6 Å². The van der Waals surface area contributed by atoms with Crippen molar-refractivity contribution in [3.05, 3.63) is 5.82 Å². The first kappa shape index (κ1) is 6.21. The third-order valence-electron chi connectivity index (χ3n) is 0.755. The van der Waals surface area contributed by atoms with Crippen LogP contribution >= 0.6 is 12.6 Å². The topological polar surface area (TPSA) is 71.5 Å². The molecule has 48 valence electrons. The molecule has 0 radical (unpaired) electrons. The van der Waals surface area contributed by atoms with Crippen molar-refractivity contribution in [3.8, 4) is 0 Å². The standard InChI is InChI=1S/C3H4N4OS/c8-1-2(9)3-4-6-7-5-3/h1-2,9H,(H,4,5,6,7). The van der Waals surface area contributed by atoms with E-state index < -0.39 is 5.25 Å². The van der Waals surface area contributed by atoms with E-state index >= 15 is 0 Å². The lowest BCUT2D eigenvalue weighted by molar-refractivity contribution is -0.107. The fourth-order valence-corrected chi connectivity index (χ4v) is 0.465. The maximum absolute atomic E-state index is 10.0. The number of nitrogens with one attached hydrogen (secondary N) is 1. The van der Waals surface area contributed by atoms with Crippen LogP contribution in [0.4, 0.5) is 0 Å². The molecule has 1 atom stereocenters. The van der Waals surface area contributed by atoms with Gasteiger partial charge in [-0.2, -0.15) is 17.8 Å². The highest BCUT2D eigenvalue weighted by molar-refractivity contribution is 7.81. The van der Waals surface area contributed by atoms with E-state index in [9.17, 15) is 4.79 Å². The fourth-order valence-electron chi connectivity index (χ4n) is 0.356. The number of carbonyl (C=O) groups excluding carboxylic acids is 1. The number of rotatable bonds is 2. The van der Waals surface area contributed by atoms with E-state index in [0.29, 0.717) is 12.1 Å². The molecule has 9 heavy (non-hydrogen) atoms. The van der Waals surface area contributed by atoms with Crippen LogP contribution in [0.2, 0.25) is 0 Å². The van der Waals surface area contributed by atoms with Crippen LogP contribution in [0.5, 0.6) is 0 Å². The molecular formula is C3H4N4OS. The van der Waals surface area contributed by atoms with Gasteiger partial charge in [0.1, 0.15) is 11.5 Å². The Morgan fingerprint density at radius 3 is 3.00 bits per heavy atom. The van der Waals surface area contributed by atoms with E-state index in [0.717, 1.165) is 0 Å². The summed E-state index contributed by atoms with van der Waals surface area (Å²) in [5.74, 6) is 0.299. The first-order valence-electron chi connectivity index (χ1n) is 2.21. The summed E-state index contributed by atoms with van der Waals surface area (Å²) in [6.45, 7) is 0. The Morgan fingerprint density at radius 2 is 2.56 bits per heavy atom. The third-order valence-corrected chi connectivity index (χ3v) is 1.11. The van der Waals surface area contributed by atoms with Crippen LogP contribution in [0.3, 0.4) is 0 Å². The predicted octanol–water partition coefficient (Wildman–Crippen LogP) is -0.631. The Hall–Kier alpha value is -0.910. The van der Waals surface area contributed by atoms with Crippen molar-refractivity contribution >= 4 is 18.9 Å². The zero-order valence-corrected chi connectivity index (χ0v) is 5.25. The number of tetrazole rings is 1. The number of nitrogens with zero attached hydrogens (tertiary/aromatic N) is 3. The van der Waals surface area contributed by atoms with Crippen LogP contribution in [-0.2, 0) is 4.79 Å². The molecule has 1 aromatic rings. The molecule has 0 fully saturated rings. The van der Waals surface area contributed by atoms with Crippen molar-refractivity contribution in [2.45, 2.75) is 5.25 Å². The summed E-state index contributed by atoms with van der Waals surface area (Å²) in [7, 11) is 0. The zero-order chi connectivity index (χ0) is 6.69. The molecule has 0 saturated heterocycles. The van der Waals surface area contributed by atoms with Crippen LogP contribution in [0.25, 0.3) is 0 Å². The average molecular weight is 144 g/mol. The minimum Gasteiger partial charge on any atom is -0.302 e. The lowest BCUT2D eigenvalue weighted by atomic mass is 10.4. The number of hydrogen-bond donors (Lipinski definition) is 2. The number of hydrogen-bond acceptors (Lipinski definition) is 5. The fraction of sp³-hybridized carbons (Fsp3) is 0.333. The van der Waals surface area contributed by atoms with Crippen molar-refractivity contribution in [1.29, 1.82) is 0 Å². The molecule has 0 aliphatic heterocycles. The maximum Gasteiger partial charge on any atom is 0.194 e. The van der Waals surface area contributed by atoms with Gasteiger partial charge in [0.25, 0.3) is 0 Å². The van der Waals surface area contributed by atoms with Gasteiger partial charge >= 0.3 is 0 Å². The van der Waals surface area contributed by atoms with Crippen LogP contribution in [0.1, 0.15) is 11.1 Å². The molecule has 1 heterocycles. The van der Waals surface area contributed by atoms with Crippen LogP contribution in [0, 0.1) is 0 Å². The summed E-state index contributed by atoms with van der Waals surface area (Å²) in [6.07, 6.45) is 0.633. The van der Waals surface area contributed by atoms with Gasteiger partial charge in [-0.05, 0) is 0 Å². The molecule has 5 nitrogen and oxygen atoms in total. The van der Waals surface area contributed by atoms with E-state index in [1.165, 1.54) is 0 Å². The van der Waals surface area contributed by atoms with Crippen LogP contribution in [0.15, 0.2) is 0 Å². The monoisotopic (exact) mass is 144 g/mol. The van der Waals surface area contributed by atoms with Gasteiger partial charge in [-0.1, -0.05) is 5.21 Å². The van der Waals surface area contributed by atoms with Gasteiger partial charge in [-0.3, -0.25) is 0 Å². The van der Waals surface area contributed by atoms with Crippen molar-refractivity contribution in [3.63, 3.8) is 0 Å². The second kappa shape index (κ2) is 2.58. The minimum atomic E-state index is -0.566. The van der Waals surface area contributed by atoms with Gasteiger partial charge in [0.05, 0.1) is 0 Å². The quantitative estimate of drug-likeness (QED) is 0.428. The van der Waals surface area contributed by atoms with Gasteiger partial charge in [0.15, 0.2) is 5.82 Å². The van der Waals surface area contributed by atoms with Gasteiger partial charge in [-0.15, -0.1) is 10.2 Å². The SMILES string of the molecule is O=CC(S)c1nn[nH]n1. The molecule has 0 bridgehead atoms. The summed E-state index contributed by atoms with van der Waals surface area (Å²) < 4.78 is 0. The van der Waals surface area contributed by atoms with Crippen molar-refractivity contribution in [2.75, 3.05) is 0 Å². The molecular weight excluding hydrogens is 140 g/mol. The molecule has 0 aliphatic carbocycles. The largest absolute Gasteiger partial charge is 0.302 e. The molecule has 0 aliphatic rings. The highest BCUT2D eigenvalue weighted by Crippen LogP contribution is 2.08. The van der Waals surface area contributed by atoms with Crippen LogP contribution in [-0.4, -0.2) is 26.9 Å². The Labute approximate surface area is 56.3 Å². The van der Waals surface area contributed by atoms with Crippen molar-refractivity contribution < 1.29 is 4.79 Å². The molecule has 0 saturated carbocycles. The van der Waals surface area contributed by atoms with E-state index in [1.54, 1.807) is 0 Å². The first-order valence-corrected chi connectivity index (χ1v) is 2.73. The van der Waals surface area contributed by atoms with E-state index in [-0.39, 0.29) is 0 Å². The average Bonchev–Trinajstić information content (AvgIpc) is 2.37. The Morgan fingerprint density at radius 1 is 1.78 bits per heavy atom. The lowest BCUT2D eigenvalue weighted by Gasteiger charge is -1.88. The summed E-state index contributed by atoms with van der Waals surface area (Å²) >= 11 is 3.83. The third kappa shape index (κ3) is 1.26. The molecule has 6 heteroatoms. The highest BCUT2D eigenvalue weighted by atomic mass is 32.1. The Balaban J connectivity index is 2.76. The molecule has 0 amide bonds. The van der Waals surface area contributed by atoms with E-state index in [2.05, 4.69) is 33.3 Å². The van der Waals surface area contributed by atoms with Gasteiger partial charge in [0.2, 0.25) is 0 Å². The minimum absolute atomic E-state index is 0.299. The van der Waals surface area contributed by atoms with Crippen molar-refractivity contribution in [2.24, 2.45) is 0 Å². The molecule has 1 unspecified atom stereocenters. The summed E-state index contributed by atoms with van der Waals surface area (Å²) in [4.78, 5) is 10.0. The maximum atomic E-state index is 10.0. The van der Waals surface area contributed by atoms with E-state index in [1.807, 2.05) is 0 Å². The smallest absolute Gasteiger partial charge is 0.194 e. The number of carbonyl (C=O) groups is 1. The number of aldehydes is 1. The normalized spacial score (nSPS) is 13.0. The lowest BCUT2D eigenvalue weighted by Crippen LogP contribution is -1.93. The van der Waals surface area contributed by atoms with Gasteiger partial charge < -0.3 is 4.79 Å². The molecule has 0 aromatic carbocycles. The highest BCUT2D eigenvalue weighted by Gasteiger charge is 2.07. The Bertz CT molecular complexity index is 186. The number of aromatic amines is 1. The molecule has 0 spiro atoms. The van der Waals surface area contributed by atoms with Crippen LogP contribution < -0.4 is 0 Å². The number of thiol groups is 1. The summed E-state index contributed by atoms with van der Waals surface area (Å²) in [6, 6.07) is 0. The first-order chi connectivity index (χ1) is 4.34. The second-order valence-electron chi connectivity index (χ2n) is 1.35. The second-order valence-corrected chi connectivity index (χ2v) is 1.91. The van der Waals surface area contributed by atoms with Gasteiger partial charge in [-0.25, -0.2) is 0 Å².